The van der Waals surface area contributed by atoms with Crippen LogP contribution in [0.4, 0.5) is 0 Å². The largest absolute Gasteiger partial charge is 0.472 e. The molecule has 5 rings (SSSR count). The first-order valence-electron chi connectivity index (χ1n) is 14.8. The average molecular weight is 657 g/mol. The standard InChI is InChI=1S/C30H40O16/c1-29(46-18(33)8-7-14-5-3-2-4-6-14)11-17(44-26-23(38)21(36)19(34)15(12-31)42-26)30(40)9-10-41-28(25(29)30)45-27-24(39)22(37)20(35)16(13-32)43-27/h2-10,15-17,19-28,31-32,34-40H,11-13H2,1H3/b8-7+/t15-,16-,17-,19+,20-,21+,22+,23-,24-,25-,26-,27+,28+,29+,30+/m1/s1. The zero-order valence-corrected chi connectivity index (χ0v) is 24.7. The van der Waals surface area contributed by atoms with Crippen molar-refractivity contribution in [2.24, 2.45) is 5.92 Å². The number of rotatable bonds is 9. The highest BCUT2D eigenvalue weighted by atomic mass is 16.8. The maximum atomic E-state index is 13.1. The molecule has 1 aromatic rings. The molecule has 0 amide bonds. The number of ether oxygens (including phenoxy) is 6. The van der Waals surface area contributed by atoms with E-state index in [0.29, 0.717) is 5.56 Å². The van der Waals surface area contributed by atoms with Crippen LogP contribution < -0.4 is 0 Å². The number of aliphatic hydroxyl groups excluding tert-OH is 8. The summed E-state index contributed by atoms with van der Waals surface area (Å²) in [6, 6.07) is 8.87. The molecular weight excluding hydrogens is 616 g/mol. The van der Waals surface area contributed by atoms with Crippen LogP contribution in [0.2, 0.25) is 0 Å². The van der Waals surface area contributed by atoms with Gasteiger partial charge in [-0.1, -0.05) is 30.3 Å². The van der Waals surface area contributed by atoms with Crippen LogP contribution in [0.1, 0.15) is 18.9 Å². The zero-order chi connectivity index (χ0) is 33.4. The van der Waals surface area contributed by atoms with E-state index in [4.69, 9.17) is 28.4 Å². The molecule has 3 fully saturated rings. The van der Waals surface area contributed by atoms with Gasteiger partial charge < -0.3 is 74.4 Å². The first-order chi connectivity index (χ1) is 21.8. The van der Waals surface area contributed by atoms with E-state index in [1.807, 2.05) is 0 Å². The van der Waals surface area contributed by atoms with Crippen LogP contribution in [-0.2, 0) is 33.2 Å². The molecule has 1 aliphatic carbocycles. The first-order valence-corrected chi connectivity index (χ1v) is 14.8. The molecule has 3 heterocycles. The van der Waals surface area contributed by atoms with Gasteiger partial charge in [0.1, 0.15) is 60.0 Å². The Hall–Kier alpha value is -2.55. The molecule has 0 spiro atoms. The summed E-state index contributed by atoms with van der Waals surface area (Å²) in [5.74, 6) is -2.19. The summed E-state index contributed by atoms with van der Waals surface area (Å²) in [6.45, 7) is -0.00438. The van der Waals surface area contributed by atoms with E-state index in [-0.39, 0.29) is 6.42 Å². The van der Waals surface area contributed by atoms with Crippen LogP contribution in [-0.4, -0.2) is 150 Å². The number of fused-ring (bicyclic) bond motifs is 1. The molecule has 15 atom stereocenters. The Labute approximate surface area is 263 Å². The highest BCUT2D eigenvalue weighted by Gasteiger charge is 2.68. The summed E-state index contributed by atoms with van der Waals surface area (Å²) in [5.41, 5.74) is -3.10. The van der Waals surface area contributed by atoms with Gasteiger partial charge in [-0.3, -0.25) is 0 Å². The minimum atomic E-state index is -2.12. The number of esters is 1. The molecule has 3 aliphatic heterocycles. The summed E-state index contributed by atoms with van der Waals surface area (Å²) in [4.78, 5) is 13.1. The maximum absolute atomic E-state index is 13.1. The van der Waals surface area contributed by atoms with Crippen molar-refractivity contribution in [3.05, 3.63) is 54.3 Å². The molecular formula is C30H40O16. The van der Waals surface area contributed by atoms with E-state index in [0.717, 1.165) is 6.26 Å². The summed E-state index contributed by atoms with van der Waals surface area (Å²) in [5, 5.41) is 93.5. The molecule has 4 aliphatic rings. The monoisotopic (exact) mass is 656 g/mol. The number of hydrogen-bond acceptors (Lipinski definition) is 16. The Morgan fingerprint density at radius 1 is 0.848 bits per heavy atom. The van der Waals surface area contributed by atoms with Crippen LogP contribution in [0.3, 0.4) is 0 Å². The number of carbonyl (C=O) groups is 1. The molecule has 0 radical (unpaired) electrons. The van der Waals surface area contributed by atoms with E-state index in [2.05, 4.69) is 0 Å². The Kier molecular flexibility index (Phi) is 10.5. The smallest absolute Gasteiger partial charge is 0.331 e. The minimum absolute atomic E-state index is 0.281. The molecule has 0 bridgehead atoms. The van der Waals surface area contributed by atoms with Crippen molar-refractivity contribution in [3.63, 3.8) is 0 Å². The van der Waals surface area contributed by atoms with Crippen molar-refractivity contribution in [1.29, 1.82) is 0 Å². The lowest BCUT2D eigenvalue weighted by atomic mass is 9.81. The Balaban J connectivity index is 1.44. The van der Waals surface area contributed by atoms with Crippen LogP contribution >= 0.6 is 0 Å². The molecule has 9 N–H and O–H groups in total. The van der Waals surface area contributed by atoms with Gasteiger partial charge in [0.05, 0.1) is 31.5 Å². The Bertz CT molecular complexity index is 1240. The second kappa shape index (κ2) is 13.9. The van der Waals surface area contributed by atoms with Crippen molar-refractivity contribution in [2.45, 2.75) is 98.4 Å². The third kappa shape index (κ3) is 6.59. The van der Waals surface area contributed by atoms with E-state index in [1.165, 1.54) is 25.2 Å². The SMILES string of the molecule is C[C@]1(OC(=O)/C=C/c2ccccc2)C[C@@H](O[C@H]2O[C@H](CO)[C@H](O)[C@H](O)[C@H]2O)[C@@]2(O)C=CO[C@@H](O[C@@H]3O[C@H](CO)[C@@H](O)[C@H](O)[C@H]3O)[C@@H]21. The Morgan fingerprint density at radius 3 is 1.98 bits per heavy atom. The Morgan fingerprint density at radius 2 is 1.41 bits per heavy atom. The van der Waals surface area contributed by atoms with Gasteiger partial charge in [-0.05, 0) is 24.6 Å². The van der Waals surface area contributed by atoms with E-state index < -0.39 is 110 Å². The average Bonchev–Trinajstić information content (AvgIpc) is 3.26. The first kappa shape index (κ1) is 34.8. The third-order valence-electron chi connectivity index (χ3n) is 8.89. The fraction of sp³-hybridized carbons (Fsp3) is 0.633. The number of hydrogen-bond donors (Lipinski definition) is 9. The lowest BCUT2D eigenvalue weighted by Gasteiger charge is -2.46. The van der Waals surface area contributed by atoms with Crippen LogP contribution in [0.25, 0.3) is 6.08 Å². The van der Waals surface area contributed by atoms with Crippen molar-refractivity contribution >= 4 is 12.0 Å². The van der Waals surface area contributed by atoms with Gasteiger partial charge >= 0.3 is 5.97 Å². The second-order valence-corrected chi connectivity index (χ2v) is 12.0. The number of benzene rings is 1. The van der Waals surface area contributed by atoms with Gasteiger partial charge in [0.2, 0.25) is 6.29 Å². The topological polar surface area (TPSA) is 255 Å². The van der Waals surface area contributed by atoms with Crippen molar-refractivity contribution in [2.75, 3.05) is 13.2 Å². The lowest BCUT2D eigenvalue weighted by molar-refractivity contribution is -0.354. The highest BCUT2D eigenvalue weighted by molar-refractivity contribution is 5.87. The zero-order valence-electron chi connectivity index (χ0n) is 24.7. The van der Waals surface area contributed by atoms with Crippen LogP contribution in [0.15, 0.2) is 48.7 Å². The van der Waals surface area contributed by atoms with E-state index >= 15 is 0 Å². The fourth-order valence-corrected chi connectivity index (χ4v) is 6.39. The van der Waals surface area contributed by atoms with Crippen LogP contribution in [0.5, 0.6) is 0 Å². The molecule has 2 saturated heterocycles. The molecule has 256 valence electrons. The minimum Gasteiger partial charge on any atom is -0.472 e. The van der Waals surface area contributed by atoms with Crippen molar-refractivity contribution < 1.29 is 79.2 Å². The molecule has 16 heteroatoms. The quantitative estimate of drug-likeness (QED) is 0.0928. The predicted molar refractivity (Wildman–Crippen MR) is 151 cm³/mol. The molecule has 0 unspecified atom stereocenters. The summed E-state index contributed by atoms with van der Waals surface area (Å²) >= 11 is 0. The van der Waals surface area contributed by atoms with Crippen molar-refractivity contribution in [3.8, 4) is 0 Å². The lowest BCUT2D eigenvalue weighted by Crippen LogP contribution is -2.63. The molecule has 16 nitrogen and oxygen atoms in total. The van der Waals surface area contributed by atoms with Gasteiger partial charge in [-0.25, -0.2) is 4.79 Å². The molecule has 1 aromatic carbocycles. The summed E-state index contributed by atoms with van der Waals surface area (Å²) in [6.07, 6.45) is -14.8. The summed E-state index contributed by atoms with van der Waals surface area (Å²) < 4.78 is 34.3. The van der Waals surface area contributed by atoms with Gasteiger partial charge in [-0.15, -0.1) is 0 Å². The summed E-state index contributed by atoms with van der Waals surface area (Å²) in [7, 11) is 0. The van der Waals surface area contributed by atoms with E-state index in [9.17, 15) is 50.8 Å². The highest BCUT2D eigenvalue weighted by Crippen LogP contribution is 2.53. The normalized spacial score (nSPS) is 45.7. The fourth-order valence-electron chi connectivity index (χ4n) is 6.39. The molecule has 0 aromatic heterocycles. The van der Waals surface area contributed by atoms with E-state index in [1.54, 1.807) is 30.3 Å². The van der Waals surface area contributed by atoms with Gasteiger partial charge in [-0.2, -0.15) is 0 Å². The maximum Gasteiger partial charge on any atom is 0.331 e. The van der Waals surface area contributed by atoms with Gasteiger partial charge in [0.25, 0.3) is 0 Å². The predicted octanol–water partition coefficient (Wildman–Crippen LogP) is -3.38. The molecule has 1 saturated carbocycles. The van der Waals surface area contributed by atoms with Crippen molar-refractivity contribution in [1.82, 2.24) is 0 Å². The van der Waals surface area contributed by atoms with Crippen LogP contribution in [0, 0.1) is 5.92 Å². The number of carbonyl (C=O) groups excluding carboxylic acids is 1. The third-order valence-corrected chi connectivity index (χ3v) is 8.89. The number of aliphatic hydroxyl groups is 9. The molecule has 46 heavy (non-hydrogen) atoms. The van der Waals surface area contributed by atoms with Gasteiger partial charge in [0, 0.05) is 12.5 Å². The van der Waals surface area contributed by atoms with Gasteiger partial charge in [0.15, 0.2) is 12.6 Å². The second-order valence-electron chi connectivity index (χ2n) is 12.0.